The van der Waals surface area contributed by atoms with Gasteiger partial charge in [-0.25, -0.2) is 4.79 Å². The number of hydrogen-bond donors (Lipinski definition) is 4. The predicted octanol–water partition coefficient (Wildman–Crippen LogP) is 2.01. The summed E-state index contributed by atoms with van der Waals surface area (Å²) in [5.41, 5.74) is 6.80. The first-order valence-electron chi connectivity index (χ1n) is 22.1. The molecule has 58 heavy (non-hydrogen) atoms. The number of ether oxygens (including phenoxy) is 3. The number of esters is 2. The first kappa shape index (κ1) is 41.2. The molecule has 7 fully saturated rings. The molecular weight excluding hydrogens is 777 g/mol. The van der Waals surface area contributed by atoms with E-state index >= 15 is 0 Å². The molecule has 5 saturated heterocycles. The summed E-state index contributed by atoms with van der Waals surface area (Å²) in [6.45, 7) is 6.49. The molecule has 2 bridgehead atoms. The molecule has 1 spiro atoms. The van der Waals surface area contributed by atoms with Gasteiger partial charge in [-0.3, -0.25) is 20.1 Å². The highest BCUT2D eigenvalue weighted by atomic mass is 33.1. The van der Waals surface area contributed by atoms with Crippen LogP contribution >= 0.6 is 21.6 Å². The Morgan fingerprint density at radius 1 is 1.16 bits per heavy atom. The number of hydrogen-bond acceptors (Lipinski definition) is 11. The molecule has 7 N–H and O–H groups in total. The molecule has 5 heterocycles. The van der Waals surface area contributed by atoms with E-state index in [0.29, 0.717) is 57.1 Å². The van der Waals surface area contributed by atoms with Crippen molar-refractivity contribution in [1.82, 2.24) is 4.90 Å². The molecule has 1 amide bonds. The van der Waals surface area contributed by atoms with Gasteiger partial charge in [-0.05, 0) is 83.1 Å². The van der Waals surface area contributed by atoms with Crippen molar-refractivity contribution in [3.05, 3.63) is 35.5 Å². The van der Waals surface area contributed by atoms with Crippen molar-refractivity contribution in [2.45, 2.75) is 138 Å². The first-order chi connectivity index (χ1) is 27.9. The fourth-order valence-corrected chi connectivity index (χ4v) is 16.6. The maximum Gasteiger partial charge on any atom is 0.334 e. The van der Waals surface area contributed by atoms with E-state index in [4.69, 9.17) is 19.9 Å². The van der Waals surface area contributed by atoms with Gasteiger partial charge in [-0.2, -0.15) is 0 Å². The Hall–Kier alpha value is -2.20. The molecule has 0 radical (unpaired) electrons. The molecule has 0 aromatic heterocycles. The predicted molar refractivity (Wildman–Crippen MR) is 219 cm³/mol. The summed E-state index contributed by atoms with van der Waals surface area (Å²) in [6, 6.07) is 0.190. The second-order valence-electron chi connectivity index (χ2n) is 19.3. The number of nitrogens with zero attached hydrogens (tertiary/aromatic N) is 1. The minimum Gasteiger partial charge on any atom is -0.462 e. The number of quaternary nitrogens is 2. The lowest BCUT2D eigenvalue weighted by Gasteiger charge is -2.61. The maximum absolute atomic E-state index is 14.9. The molecular formula is C44H64N4O8S2+2. The van der Waals surface area contributed by atoms with E-state index in [1.807, 2.05) is 34.6 Å². The number of nitrogens with two attached hydrogens (primary N) is 3. The highest BCUT2D eigenvalue weighted by molar-refractivity contribution is 8.77. The van der Waals surface area contributed by atoms with E-state index in [0.717, 1.165) is 25.0 Å². The van der Waals surface area contributed by atoms with Crippen LogP contribution in [0.5, 0.6) is 0 Å². The molecule has 12 nitrogen and oxygen atoms in total. The lowest BCUT2D eigenvalue weighted by atomic mass is 9.56. The zero-order chi connectivity index (χ0) is 40.7. The van der Waals surface area contributed by atoms with Crippen LogP contribution in [0.2, 0.25) is 0 Å². The Morgan fingerprint density at radius 2 is 1.98 bits per heavy atom. The number of fused-ring (bicyclic) bond motifs is 8. The maximum atomic E-state index is 14.9. The van der Waals surface area contributed by atoms with E-state index in [2.05, 4.69) is 35.6 Å². The van der Waals surface area contributed by atoms with Crippen LogP contribution in [0.1, 0.15) is 85.0 Å². The van der Waals surface area contributed by atoms with Crippen LogP contribution in [-0.2, 0) is 33.4 Å². The number of aliphatic hydroxyl groups is 1. The normalized spacial score (nSPS) is 47.2. The molecule has 318 valence electrons. The summed E-state index contributed by atoms with van der Waals surface area (Å²) >= 11 is 0. The van der Waals surface area contributed by atoms with Crippen molar-refractivity contribution < 1.29 is 49.1 Å². The van der Waals surface area contributed by atoms with Crippen molar-refractivity contribution in [3.8, 4) is 0 Å². The van der Waals surface area contributed by atoms with Gasteiger partial charge in [-0.1, -0.05) is 45.4 Å². The smallest absolute Gasteiger partial charge is 0.334 e. The molecule has 4 aliphatic carbocycles. The number of ketones is 1. The molecule has 0 aromatic carbocycles. The lowest BCUT2D eigenvalue weighted by molar-refractivity contribution is -0.706. The van der Waals surface area contributed by atoms with E-state index in [9.17, 15) is 24.3 Å². The number of aliphatic hydroxyl groups excluding tert-OH is 1. The van der Waals surface area contributed by atoms with Gasteiger partial charge < -0.3 is 34.9 Å². The molecule has 17 atom stereocenters. The highest BCUT2D eigenvalue weighted by Gasteiger charge is 2.69. The Bertz CT molecular complexity index is 1770. The fourth-order valence-electron chi connectivity index (χ4n) is 13.5. The summed E-state index contributed by atoms with van der Waals surface area (Å²) in [5, 5.41) is 14.1. The molecule has 14 heteroatoms. The summed E-state index contributed by atoms with van der Waals surface area (Å²) < 4.78 is 20.5. The monoisotopic (exact) mass is 840 g/mol. The molecule has 0 aromatic rings. The van der Waals surface area contributed by atoms with Crippen LogP contribution in [0, 0.1) is 47.3 Å². The van der Waals surface area contributed by atoms with Crippen LogP contribution in [0.15, 0.2) is 35.5 Å². The standard InChI is InChI=1S/C44H62N4O8S2/c1-5-22(2)41(52)56-43(3)11-10-24-21-57-58-34-16-29-31(50)9-8-30-37(39(29)46-4)40(34)48(30)36(51)15-27-20-47-35(45)17-28(27)38(24)44(43)19-26-14-25-13-23(7-6-12-49)42(53)54-32(25)18-33(26)55-44/h5,8-10,23,25-30,32-35,37-40,46-47,49H,6-7,11-21,45H2,1-4H3/p+2/t23?,25?,26?,27?,28?,29-,30-,32?,33?,34+,35?,37+,38+,39-,40+,43-,44-/m0/s1. The van der Waals surface area contributed by atoms with E-state index in [1.165, 1.54) is 5.57 Å². The second kappa shape index (κ2) is 15.9. The number of amides is 1. The third-order valence-corrected chi connectivity index (χ3v) is 19.3. The Kier molecular flexibility index (Phi) is 11.3. The molecule has 5 aliphatic heterocycles. The van der Waals surface area contributed by atoms with Crippen LogP contribution in [0.3, 0.4) is 0 Å². The minimum absolute atomic E-state index is 0.00364. The van der Waals surface area contributed by atoms with Gasteiger partial charge >= 0.3 is 11.9 Å². The van der Waals surface area contributed by atoms with E-state index in [1.54, 1.807) is 19.1 Å². The van der Waals surface area contributed by atoms with Gasteiger partial charge in [0.2, 0.25) is 5.91 Å². The SMILES string of the molecule is CC=C(C)C(=O)O[C@@]1(C)CC=C2CSS[C@@H]3C[C@H]4C(=O)C=C[C@H]5[C@H]([C@H]4[NH2+]C)[C@@H]3N5C(=O)CC3C[NH2+]C(N)CC3[C@@H]2[C@@]12CC1CC3CC(CCCO)C(=O)OC3CC1O2. The average Bonchev–Trinajstić information content (AvgIpc) is 3.56. The zero-order valence-electron chi connectivity index (χ0n) is 34.5. The van der Waals surface area contributed by atoms with E-state index < -0.39 is 11.2 Å². The summed E-state index contributed by atoms with van der Waals surface area (Å²) in [4.78, 5) is 57.7. The van der Waals surface area contributed by atoms with Gasteiger partial charge in [-0.15, -0.1) is 0 Å². The summed E-state index contributed by atoms with van der Waals surface area (Å²) in [6.07, 6.45) is 13.8. The van der Waals surface area contributed by atoms with Crippen LogP contribution < -0.4 is 16.4 Å². The van der Waals surface area contributed by atoms with Crippen LogP contribution in [0.4, 0.5) is 0 Å². The van der Waals surface area contributed by atoms with E-state index in [-0.39, 0.29) is 119 Å². The van der Waals surface area contributed by atoms with Crippen molar-refractivity contribution in [2.24, 2.45) is 53.1 Å². The number of carbonyl (C=O) groups excluding carboxylic acids is 4. The largest absolute Gasteiger partial charge is 0.462 e. The van der Waals surface area contributed by atoms with Gasteiger partial charge in [0.15, 0.2) is 5.78 Å². The number of rotatable bonds is 6. The third-order valence-electron chi connectivity index (χ3n) is 16.4. The van der Waals surface area contributed by atoms with Gasteiger partial charge in [0.1, 0.15) is 29.5 Å². The zero-order valence-corrected chi connectivity index (χ0v) is 36.1. The number of allylic oxidation sites excluding steroid dienone is 2. The van der Waals surface area contributed by atoms with Crippen LogP contribution in [-0.4, -0.2) is 113 Å². The van der Waals surface area contributed by atoms with Gasteiger partial charge in [0, 0.05) is 60.7 Å². The Balaban J connectivity index is 1.10. The number of piperidine rings is 1. The lowest BCUT2D eigenvalue weighted by Crippen LogP contribution is -2.96. The summed E-state index contributed by atoms with van der Waals surface area (Å²) in [7, 11) is 5.77. The van der Waals surface area contributed by atoms with Crippen molar-refractivity contribution in [3.63, 3.8) is 0 Å². The quantitative estimate of drug-likeness (QED) is 0.133. The minimum atomic E-state index is -1.01. The third kappa shape index (κ3) is 6.68. The molecule has 9 aliphatic rings. The second-order valence-corrected chi connectivity index (χ2v) is 21.9. The van der Waals surface area contributed by atoms with Gasteiger partial charge in [0.25, 0.3) is 0 Å². The average molecular weight is 841 g/mol. The van der Waals surface area contributed by atoms with Crippen molar-refractivity contribution in [2.75, 3.05) is 26.0 Å². The Morgan fingerprint density at radius 3 is 2.76 bits per heavy atom. The number of carbonyl (C=O) groups is 4. The van der Waals surface area contributed by atoms with Crippen molar-refractivity contribution in [1.29, 1.82) is 0 Å². The molecule has 2 saturated carbocycles. The van der Waals surface area contributed by atoms with Crippen molar-refractivity contribution >= 4 is 45.2 Å². The fraction of sp³-hybridized carbons (Fsp3) is 0.773. The van der Waals surface area contributed by atoms with Crippen LogP contribution in [0.25, 0.3) is 0 Å². The Labute approximate surface area is 350 Å². The topological polar surface area (TPSA) is 179 Å². The summed E-state index contributed by atoms with van der Waals surface area (Å²) in [5.74, 6) is 0.810. The highest BCUT2D eigenvalue weighted by Crippen LogP contribution is 2.63. The molecule has 8 unspecified atom stereocenters. The van der Waals surface area contributed by atoms with Gasteiger partial charge in [0.05, 0.1) is 49.5 Å². The first-order valence-corrected chi connectivity index (χ1v) is 24.5. The molecule has 9 rings (SSSR count).